The van der Waals surface area contributed by atoms with E-state index < -0.39 is 5.97 Å². The lowest BCUT2D eigenvalue weighted by molar-refractivity contribution is -0.138. The van der Waals surface area contributed by atoms with E-state index in [0.717, 1.165) is 10.4 Å². The number of rotatable bonds is 6. The van der Waals surface area contributed by atoms with E-state index in [1.807, 2.05) is 20.8 Å². The molecule has 1 aliphatic rings. The van der Waals surface area contributed by atoms with Crippen LogP contribution < -0.4 is 16.2 Å². The Bertz CT molecular complexity index is 1040. The fourth-order valence-electron chi connectivity index (χ4n) is 2.90. The van der Waals surface area contributed by atoms with Crippen molar-refractivity contribution in [3.63, 3.8) is 0 Å². The lowest BCUT2D eigenvalue weighted by atomic mass is 10.2. The van der Waals surface area contributed by atoms with Crippen LogP contribution >= 0.6 is 23.1 Å². The van der Waals surface area contributed by atoms with Crippen LogP contribution in [0.1, 0.15) is 24.3 Å². The van der Waals surface area contributed by atoms with E-state index in [4.69, 9.17) is 4.74 Å². The third-order valence-electron chi connectivity index (χ3n) is 4.49. The Morgan fingerprint density at radius 1 is 1.32 bits per heavy atom. The van der Waals surface area contributed by atoms with Crippen molar-refractivity contribution in [2.24, 2.45) is 0 Å². The van der Waals surface area contributed by atoms with Gasteiger partial charge in [0.05, 0.1) is 24.1 Å². The maximum Gasteiger partial charge on any atom is 0.337 e. The van der Waals surface area contributed by atoms with Crippen molar-refractivity contribution in [1.82, 2.24) is 20.2 Å². The molecule has 1 aliphatic heterocycles. The van der Waals surface area contributed by atoms with Gasteiger partial charge >= 0.3 is 12.0 Å². The molecule has 3 rings (SSSR count). The zero-order chi connectivity index (χ0) is 20.4. The molecule has 2 aromatic rings. The Labute approximate surface area is 170 Å². The summed E-state index contributed by atoms with van der Waals surface area (Å²) in [7, 11) is 0. The van der Waals surface area contributed by atoms with Gasteiger partial charge in [-0.15, -0.1) is 11.3 Å². The average Bonchev–Trinajstić information content (AvgIpc) is 2.94. The van der Waals surface area contributed by atoms with Gasteiger partial charge in [-0.1, -0.05) is 11.8 Å². The Balaban J connectivity index is 1.96. The van der Waals surface area contributed by atoms with Gasteiger partial charge in [-0.3, -0.25) is 9.36 Å². The molecule has 8 nitrogen and oxygen atoms in total. The highest BCUT2D eigenvalue weighted by Gasteiger charge is 2.24. The first-order valence-corrected chi connectivity index (χ1v) is 10.7. The number of aromatic nitrogens is 2. The van der Waals surface area contributed by atoms with E-state index in [0.29, 0.717) is 38.9 Å². The van der Waals surface area contributed by atoms with Crippen molar-refractivity contribution < 1.29 is 14.3 Å². The fraction of sp³-hybridized carbons (Fsp3) is 0.444. The van der Waals surface area contributed by atoms with Gasteiger partial charge in [0.25, 0.3) is 5.56 Å². The largest absolute Gasteiger partial charge is 0.463 e. The smallest absolute Gasteiger partial charge is 0.337 e. The van der Waals surface area contributed by atoms with Gasteiger partial charge in [-0.25, -0.2) is 14.6 Å². The highest BCUT2D eigenvalue weighted by Crippen LogP contribution is 2.29. The van der Waals surface area contributed by atoms with Crippen LogP contribution in [-0.4, -0.2) is 40.5 Å². The van der Waals surface area contributed by atoms with Gasteiger partial charge in [0.2, 0.25) is 0 Å². The number of nitrogens with zero attached hydrogens (tertiary/aromatic N) is 2. The molecule has 28 heavy (non-hydrogen) atoms. The number of thioether (sulfide) groups is 1. The summed E-state index contributed by atoms with van der Waals surface area (Å²) in [6, 6.07) is -0.371. The number of carbonyl (C=O) groups is 2. The van der Waals surface area contributed by atoms with E-state index >= 15 is 0 Å². The fourth-order valence-corrected chi connectivity index (χ4v) is 5.02. The zero-order valence-corrected chi connectivity index (χ0v) is 17.8. The van der Waals surface area contributed by atoms with Crippen LogP contribution in [0.15, 0.2) is 21.2 Å². The molecule has 0 radical (unpaired) electrons. The van der Waals surface area contributed by atoms with E-state index in [1.54, 1.807) is 11.5 Å². The molecule has 2 aromatic heterocycles. The first-order valence-electron chi connectivity index (χ1n) is 8.94. The Hall–Kier alpha value is -2.33. The summed E-state index contributed by atoms with van der Waals surface area (Å²) in [4.78, 5) is 43.3. The molecule has 3 heterocycles. The Morgan fingerprint density at radius 3 is 2.75 bits per heavy atom. The maximum atomic E-state index is 12.9. The van der Waals surface area contributed by atoms with Crippen molar-refractivity contribution in [2.45, 2.75) is 39.4 Å². The molecular weight excluding hydrogens is 400 g/mol. The molecule has 10 heteroatoms. The van der Waals surface area contributed by atoms with Crippen LogP contribution in [0.2, 0.25) is 0 Å². The highest BCUT2D eigenvalue weighted by molar-refractivity contribution is 7.99. The number of thiophene rings is 1. The molecule has 0 atom stereocenters. The monoisotopic (exact) mass is 422 g/mol. The van der Waals surface area contributed by atoms with Gasteiger partial charge in [0.15, 0.2) is 5.16 Å². The molecule has 0 unspecified atom stereocenters. The molecule has 0 aromatic carbocycles. The predicted molar refractivity (Wildman–Crippen MR) is 110 cm³/mol. The molecule has 150 valence electrons. The quantitative estimate of drug-likeness (QED) is 0.421. The number of urea groups is 1. The summed E-state index contributed by atoms with van der Waals surface area (Å²) in [6.45, 7) is 8.37. The molecule has 0 bridgehead atoms. The van der Waals surface area contributed by atoms with Gasteiger partial charge in [-0.2, -0.15) is 0 Å². The highest BCUT2D eigenvalue weighted by atomic mass is 32.2. The molecule has 0 spiro atoms. The second-order valence-electron chi connectivity index (χ2n) is 6.18. The lowest BCUT2D eigenvalue weighted by Crippen LogP contribution is -2.44. The third kappa shape index (κ3) is 3.79. The lowest BCUT2D eigenvalue weighted by Gasteiger charge is -2.21. The van der Waals surface area contributed by atoms with E-state index in [1.165, 1.54) is 23.1 Å². The molecular formula is C18H22N4O4S2. The Kier molecular flexibility index (Phi) is 6.09. The van der Waals surface area contributed by atoms with Crippen molar-refractivity contribution >= 4 is 45.3 Å². The van der Waals surface area contributed by atoms with Crippen molar-refractivity contribution in [2.75, 3.05) is 18.9 Å². The minimum Gasteiger partial charge on any atom is -0.463 e. The number of carbonyl (C=O) groups excluding carboxylic acids is 2. The second-order valence-corrected chi connectivity index (χ2v) is 8.33. The molecule has 2 amide bonds. The Morgan fingerprint density at radius 2 is 2.07 bits per heavy atom. The number of aryl methyl sites for hydroxylation is 2. The van der Waals surface area contributed by atoms with Crippen LogP contribution in [0.3, 0.4) is 0 Å². The van der Waals surface area contributed by atoms with Crippen molar-refractivity contribution in [1.29, 1.82) is 0 Å². The minimum absolute atomic E-state index is 0.0641. The van der Waals surface area contributed by atoms with Crippen LogP contribution in [0.5, 0.6) is 0 Å². The first-order chi connectivity index (χ1) is 13.4. The summed E-state index contributed by atoms with van der Waals surface area (Å²) in [5.74, 6) is -0.172. The molecule has 0 fully saturated rings. The maximum absolute atomic E-state index is 12.9. The van der Waals surface area contributed by atoms with Crippen LogP contribution in [0, 0.1) is 13.8 Å². The van der Waals surface area contributed by atoms with E-state index in [-0.39, 0.29) is 24.7 Å². The zero-order valence-electron chi connectivity index (χ0n) is 16.2. The summed E-state index contributed by atoms with van der Waals surface area (Å²) < 4.78 is 6.69. The number of ether oxygens (including phenoxy) is 1. The average molecular weight is 423 g/mol. The third-order valence-corrected chi connectivity index (χ3v) is 6.60. The van der Waals surface area contributed by atoms with Gasteiger partial charge in [0.1, 0.15) is 4.83 Å². The molecule has 0 saturated heterocycles. The van der Waals surface area contributed by atoms with Crippen molar-refractivity contribution in [3.8, 4) is 0 Å². The SMILES string of the molecule is CCOC(=O)C1=C(CSc2nc3sc(C)c(C)c3c(=O)n2CC)NC(=O)NC1. The van der Waals surface area contributed by atoms with Gasteiger partial charge in [0, 0.05) is 22.9 Å². The summed E-state index contributed by atoms with van der Waals surface area (Å²) >= 11 is 2.81. The topological polar surface area (TPSA) is 102 Å². The summed E-state index contributed by atoms with van der Waals surface area (Å²) in [5.41, 5.74) is 1.76. The van der Waals surface area contributed by atoms with Crippen LogP contribution in [0.25, 0.3) is 10.2 Å². The van der Waals surface area contributed by atoms with E-state index in [2.05, 4.69) is 15.6 Å². The minimum atomic E-state index is -0.466. The first kappa shape index (κ1) is 20.4. The molecule has 0 saturated carbocycles. The second kappa shape index (κ2) is 8.36. The number of hydrogen-bond donors (Lipinski definition) is 2. The normalized spacial score (nSPS) is 14.2. The predicted octanol–water partition coefficient (Wildman–Crippen LogP) is 2.32. The number of hydrogen-bond acceptors (Lipinski definition) is 7. The van der Waals surface area contributed by atoms with E-state index in [9.17, 15) is 14.4 Å². The molecule has 2 N–H and O–H groups in total. The number of amides is 2. The van der Waals surface area contributed by atoms with Gasteiger partial charge < -0.3 is 15.4 Å². The summed E-state index contributed by atoms with van der Waals surface area (Å²) in [6.07, 6.45) is 0. The van der Waals surface area contributed by atoms with Crippen LogP contribution in [-0.2, 0) is 16.1 Å². The summed E-state index contributed by atoms with van der Waals surface area (Å²) in [5, 5.41) is 6.47. The standard InChI is InChI=1S/C18H22N4O4S2/c1-5-22-15(23)13-9(3)10(4)28-14(13)21-18(22)27-8-12-11(16(24)26-6-2)7-19-17(25)20-12/h5-8H2,1-4H3,(H2,19,20,25). The van der Waals surface area contributed by atoms with Gasteiger partial charge in [-0.05, 0) is 33.3 Å². The number of fused-ring (bicyclic) bond motifs is 1. The number of nitrogens with one attached hydrogen (secondary N) is 2. The van der Waals surface area contributed by atoms with Crippen LogP contribution in [0.4, 0.5) is 4.79 Å². The van der Waals surface area contributed by atoms with Crippen molar-refractivity contribution in [3.05, 3.63) is 32.1 Å². The number of esters is 1. The molecule has 0 aliphatic carbocycles.